The molecule has 0 aliphatic carbocycles. The Balaban J connectivity index is 1.11. The summed E-state index contributed by atoms with van der Waals surface area (Å²) < 4.78 is 12.5. The molecule has 0 radical (unpaired) electrons. The number of aliphatic hydroxyl groups is 1. The van der Waals surface area contributed by atoms with Crippen LogP contribution in [0.15, 0.2) is 78.9 Å². The maximum Gasteiger partial charge on any atom is 0.264 e. The molecule has 0 saturated carbocycles. The van der Waals surface area contributed by atoms with Crippen LogP contribution >= 0.6 is 0 Å². The van der Waals surface area contributed by atoms with E-state index in [9.17, 15) is 24.3 Å². The van der Waals surface area contributed by atoms with Crippen LogP contribution < -0.4 is 14.5 Å². The summed E-state index contributed by atoms with van der Waals surface area (Å²) >= 11 is 0. The number of benzene rings is 4. The van der Waals surface area contributed by atoms with Gasteiger partial charge in [-0.2, -0.15) is 0 Å². The average molecular weight is 706 g/mol. The van der Waals surface area contributed by atoms with Crippen LogP contribution in [0.4, 0.5) is 17.1 Å². The predicted octanol–water partition coefficient (Wildman–Crippen LogP) is 5.86. The molecule has 1 spiro atoms. The quantitative estimate of drug-likeness (QED) is 0.221. The molecule has 51 heavy (non-hydrogen) atoms. The minimum absolute atomic E-state index is 0.0189. The minimum Gasteiger partial charge on any atom is -0.497 e. The molecule has 0 aromatic heterocycles. The average Bonchev–Trinajstić information content (AvgIpc) is 3.85. The van der Waals surface area contributed by atoms with Crippen molar-refractivity contribution in [3.63, 3.8) is 0 Å². The molecule has 2 fully saturated rings. The van der Waals surface area contributed by atoms with E-state index in [2.05, 4.69) is 0 Å². The SMILES string of the molecule is COc1ccc2c(c1)[C@@]1(O[C@H](CC(=O)N3CCC[C@H]3CO)[C@@H]([Si](C)(C)O)[C@@H]1C)C(=O)N2Cc1ccc(N2C(=O)c3cccc4cccc2c34)cc1. The molecule has 4 aromatic rings. The largest absolute Gasteiger partial charge is 0.497 e. The van der Waals surface area contributed by atoms with Gasteiger partial charge < -0.3 is 29.2 Å². The lowest BCUT2D eigenvalue weighted by atomic mass is 9.82. The van der Waals surface area contributed by atoms with Crippen molar-refractivity contribution in [1.82, 2.24) is 4.90 Å². The van der Waals surface area contributed by atoms with E-state index < -0.39 is 31.5 Å². The Hall–Kier alpha value is -4.55. The number of methoxy groups -OCH3 is 1. The smallest absolute Gasteiger partial charge is 0.264 e. The number of amides is 3. The molecule has 264 valence electrons. The van der Waals surface area contributed by atoms with Crippen molar-refractivity contribution in [3.05, 3.63) is 95.6 Å². The zero-order chi connectivity index (χ0) is 35.8. The van der Waals surface area contributed by atoms with E-state index in [0.29, 0.717) is 29.1 Å². The van der Waals surface area contributed by atoms with Gasteiger partial charge in [-0.05, 0) is 79.3 Å². The summed E-state index contributed by atoms with van der Waals surface area (Å²) in [5.41, 5.74) is 2.64. The van der Waals surface area contributed by atoms with Crippen LogP contribution in [0.2, 0.25) is 18.6 Å². The Bertz CT molecular complexity index is 2060. The molecule has 8 rings (SSSR count). The predicted molar refractivity (Wildman–Crippen MR) is 197 cm³/mol. The fraction of sp³-hybridized carbons (Fsp3) is 0.375. The molecule has 2 saturated heterocycles. The van der Waals surface area contributed by atoms with Crippen molar-refractivity contribution in [1.29, 1.82) is 0 Å². The monoisotopic (exact) mass is 705 g/mol. The number of nitrogens with zero attached hydrogens (tertiary/aromatic N) is 3. The normalized spacial score (nSPS) is 25.5. The molecule has 2 N–H and O–H groups in total. The van der Waals surface area contributed by atoms with E-state index in [1.807, 2.05) is 98.9 Å². The molecule has 10 nitrogen and oxygen atoms in total. The number of hydrogen-bond donors (Lipinski definition) is 2. The molecule has 0 unspecified atom stereocenters. The number of carbonyl (C=O) groups is 3. The molecular weight excluding hydrogens is 663 g/mol. The van der Waals surface area contributed by atoms with Crippen LogP contribution in [0.1, 0.15) is 47.7 Å². The Labute approximate surface area is 298 Å². The first-order chi connectivity index (χ1) is 24.5. The van der Waals surface area contributed by atoms with E-state index in [1.54, 1.807) is 21.8 Å². The van der Waals surface area contributed by atoms with E-state index in [-0.39, 0.29) is 43.3 Å². The second-order valence-corrected chi connectivity index (χ2v) is 18.9. The van der Waals surface area contributed by atoms with Gasteiger partial charge in [-0.3, -0.25) is 19.3 Å². The summed E-state index contributed by atoms with van der Waals surface area (Å²) in [6.07, 6.45) is 0.905. The first-order valence-electron chi connectivity index (χ1n) is 17.7. The molecule has 0 bridgehead atoms. The summed E-state index contributed by atoms with van der Waals surface area (Å²) in [4.78, 5) is 59.0. The zero-order valence-electron chi connectivity index (χ0n) is 29.3. The van der Waals surface area contributed by atoms with Gasteiger partial charge in [-0.1, -0.05) is 43.3 Å². The van der Waals surface area contributed by atoms with Crippen molar-refractivity contribution in [2.45, 2.75) is 69.1 Å². The lowest BCUT2D eigenvalue weighted by Crippen LogP contribution is -2.46. The third-order valence-electron chi connectivity index (χ3n) is 11.6. The molecule has 4 aliphatic rings. The number of carbonyl (C=O) groups excluding carboxylic acids is 3. The van der Waals surface area contributed by atoms with Crippen LogP contribution in [-0.4, -0.2) is 73.2 Å². The van der Waals surface area contributed by atoms with Gasteiger partial charge in [-0.25, -0.2) is 0 Å². The van der Waals surface area contributed by atoms with Crippen LogP contribution in [0, 0.1) is 5.92 Å². The minimum atomic E-state index is -2.99. The van der Waals surface area contributed by atoms with Gasteiger partial charge in [0.2, 0.25) is 5.91 Å². The number of aliphatic hydroxyl groups excluding tert-OH is 1. The maximum atomic E-state index is 14.9. The number of rotatable bonds is 8. The highest BCUT2D eigenvalue weighted by Crippen LogP contribution is 2.60. The topological polar surface area (TPSA) is 120 Å². The van der Waals surface area contributed by atoms with E-state index >= 15 is 0 Å². The molecule has 3 amide bonds. The third-order valence-corrected chi connectivity index (χ3v) is 14.1. The molecule has 11 heteroatoms. The standard InChI is InChI=1S/C40H43N3O7Si/c1-24-37(51(3,4)48)34(21-35(45)41-19-7-10-28(41)23-44)50-40(24)31-20-29(49-2)17-18-32(31)42(39(40)47)22-25-13-15-27(16-14-25)43-33-12-6-9-26-8-5-11-30(36(26)33)38(43)46/h5-6,8-9,11-18,20,24,28,34,37,44,48H,7,10,19,21-23H2,1-4H3/t24-,28-,34+,37-,40+/m0/s1. The highest BCUT2D eigenvalue weighted by molar-refractivity contribution is 6.71. The van der Waals surface area contributed by atoms with Gasteiger partial charge in [0.25, 0.3) is 11.8 Å². The molecular formula is C40H43N3O7Si. The lowest BCUT2D eigenvalue weighted by Gasteiger charge is -2.33. The first-order valence-corrected chi connectivity index (χ1v) is 20.8. The highest BCUT2D eigenvalue weighted by atomic mass is 28.4. The van der Waals surface area contributed by atoms with Gasteiger partial charge >= 0.3 is 0 Å². The van der Waals surface area contributed by atoms with Gasteiger partial charge in [0.05, 0.1) is 55.8 Å². The zero-order valence-corrected chi connectivity index (χ0v) is 30.3. The number of ether oxygens (including phenoxy) is 2. The lowest BCUT2D eigenvalue weighted by molar-refractivity contribution is -0.150. The van der Waals surface area contributed by atoms with E-state index in [0.717, 1.165) is 40.6 Å². The number of anilines is 3. The van der Waals surface area contributed by atoms with Crippen molar-refractivity contribution in [3.8, 4) is 5.75 Å². The summed E-state index contributed by atoms with van der Waals surface area (Å²) in [6, 6.07) is 24.7. The van der Waals surface area contributed by atoms with E-state index in [4.69, 9.17) is 9.47 Å². The maximum absolute atomic E-state index is 14.9. The number of likely N-dealkylation sites (tertiary alicyclic amines) is 1. The van der Waals surface area contributed by atoms with Gasteiger partial charge in [0, 0.05) is 34.6 Å². The second kappa shape index (κ2) is 12.3. The van der Waals surface area contributed by atoms with Gasteiger partial charge in [0.15, 0.2) is 13.9 Å². The third kappa shape index (κ3) is 5.12. The molecule has 4 heterocycles. The Morgan fingerprint density at radius 1 is 1.02 bits per heavy atom. The fourth-order valence-corrected chi connectivity index (χ4v) is 11.8. The van der Waals surface area contributed by atoms with Crippen LogP contribution in [0.5, 0.6) is 5.75 Å². The fourth-order valence-electron chi connectivity index (χ4n) is 9.29. The Morgan fingerprint density at radius 2 is 1.76 bits per heavy atom. The summed E-state index contributed by atoms with van der Waals surface area (Å²) in [5.74, 6) is -0.310. The van der Waals surface area contributed by atoms with Gasteiger partial charge in [-0.15, -0.1) is 0 Å². The van der Waals surface area contributed by atoms with Crippen molar-refractivity contribution < 1.29 is 33.8 Å². The van der Waals surface area contributed by atoms with Crippen molar-refractivity contribution in [2.75, 3.05) is 30.1 Å². The van der Waals surface area contributed by atoms with Gasteiger partial charge in [0.1, 0.15) is 5.75 Å². The van der Waals surface area contributed by atoms with Crippen molar-refractivity contribution in [2.24, 2.45) is 5.92 Å². The number of hydrogen-bond acceptors (Lipinski definition) is 7. The number of fused-ring (bicyclic) bond motifs is 2. The second-order valence-electron chi connectivity index (χ2n) is 14.9. The summed E-state index contributed by atoms with van der Waals surface area (Å²) in [5, 5.41) is 11.9. The van der Waals surface area contributed by atoms with Crippen molar-refractivity contribution >= 4 is 53.9 Å². The Kier molecular flexibility index (Phi) is 8.10. The highest BCUT2D eigenvalue weighted by Gasteiger charge is 2.66. The molecule has 5 atom stereocenters. The van der Waals surface area contributed by atoms with Crippen LogP contribution in [-0.2, 0) is 26.5 Å². The Morgan fingerprint density at radius 3 is 2.47 bits per heavy atom. The molecule has 4 aromatic carbocycles. The summed E-state index contributed by atoms with van der Waals surface area (Å²) in [7, 11) is -1.41. The molecule has 4 aliphatic heterocycles. The van der Waals surface area contributed by atoms with Crippen LogP contribution in [0.25, 0.3) is 10.8 Å². The van der Waals surface area contributed by atoms with Crippen LogP contribution in [0.3, 0.4) is 0 Å². The van der Waals surface area contributed by atoms with E-state index in [1.165, 1.54) is 0 Å². The first kappa shape index (κ1) is 33.6. The summed E-state index contributed by atoms with van der Waals surface area (Å²) in [6.45, 7) is 6.37.